The molecule has 0 spiro atoms. The van der Waals surface area contributed by atoms with E-state index in [2.05, 4.69) is 19.8 Å². The minimum atomic E-state index is -0.524. The van der Waals surface area contributed by atoms with Gasteiger partial charge in [-0.3, -0.25) is 0 Å². The molecule has 1 aliphatic rings. The third kappa shape index (κ3) is 2.88. The first-order chi connectivity index (χ1) is 8.99. The monoisotopic (exact) mass is 338 g/mol. The lowest BCUT2D eigenvalue weighted by atomic mass is 9.91. The van der Waals surface area contributed by atoms with Crippen molar-refractivity contribution in [3.63, 3.8) is 0 Å². The number of hydrogen-bond acceptors (Lipinski definition) is 1. The number of rotatable bonds is 1. The van der Waals surface area contributed by atoms with Gasteiger partial charge in [0.2, 0.25) is 0 Å². The van der Waals surface area contributed by atoms with E-state index in [1.54, 1.807) is 0 Å². The molecule has 0 saturated heterocycles. The summed E-state index contributed by atoms with van der Waals surface area (Å²) in [5.74, 6) is -0.240. The molecular weight excluding hydrogens is 321 g/mol. The van der Waals surface area contributed by atoms with E-state index in [0.29, 0.717) is 11.4 Å². The maximum atomic E-state index is 14.2. The predicted molar refractivity (Wildman–Crippen MR) is 67.3 cm³/mol. The number of benzene rings is 1. The number of furan rings is 1. The SMILES string of the molecule is C[NH+](C)C1CCc2oc3c(F)cc([NH3+])c(F)c3c2C1.[Cl-].[Cl-]. The smallest absolute Gasteiger partial charge is 0.195 e. The number of aryl methyl sites for hydroxylation is 1. The van der Waals surface area contributed by atoms with E-state index in [0.717, 1.165) is 36.7 Å². The fourth-order valence-corrected chi connectivity index (χ4v) is 2.92. The average Bonchev–Trinajstić information content (AvgIpc) is 2.75. The molecule has 0 aliphatic heterocycles. The van der Waals surface area contributed by atoms with Gasteiger partial charge in [0.1, 0.15) is 5.76 Å². The molecule has 0 amide bonds. The number of quaternary nitrogens is 2. The van der Waals surface area contributed by atoms with Gasteiger partial charge in [0.15, 0.2) is 22.9 Å². The maximum Gasteiger partial charge on any atom is 0.195 e. The molecule has 3 nitrogen and oxygen atoms in total. The normalized spacial score (nSPS) is 17.3. The van der Waals surface area contributed by atoms with Crippen molar-refractivity contribution >= 4 is 16.7 Å². The zero-order chi connectivity index (χ0) is 13.7. The summed E-state index contributed by atoms with van der Waals surface area (Å²) in [5.41, 5.74) is 4.52. The van der Waals surface area contributed by atoms with Crippen molar-refractivity contribution < 1.29 is 48.6 Å². The standard InChI is InChI=1S/C14H16F2N2O.2ClH/c1-18(2)7-3-4-11-8(5-7)12-13(16)10(17)6-9(15)14(12)19-11;;/h6-7H,3-5,17H2,1-2H3;2*1H. The summed E-state index contributed by atoms with van der Waals surface area (Å²) >= 11 is 0. The quantitative estimate of drug-likeness (QED) is 0.535. The molecule has 3 rings (SSSR count). The highest BCUT2D eigenvalue weighted by molar-refractivity contribution is 5.86. The first kappa shape index (κ1) is 18.2. The topological polar surface area (TPSA) is 45.2 Å². The van der Waals surface area contributed by atoms with E-state index in [1.165, 1.54) is 4.90 Å². The van der Waals surface area contributed by atoms with Crippen LogP contribution < -0.4 is 35.4 Å². The van der Waals surface area contributed by atoms with Crippen LogP contribution in [0.4, 0.5) is 14.5 Å². The van der Waals surface area contributed by atoms with Crippen LogP contribution in [0.25, 0.3) is 11.0 Å². The van der Waals surface area contributed by atoms with Crippen LogP contribution in [0.1, 0.15) is 17.7 Å². The van der Waals surface area contributed by atoms with Crippen molar-refractivity contribution in [2.24, 2.45) is 0 Å². The summed E-state index contributed by atoms with van der Waals surface area (Å²) in [6.45, 7) is 0. The van der Waals surface area contributed by atoms with Crippen molar-refractivity contribution in [1.82, 2.24) is 0 Å². The third-order valence-electron chi connectivity index (χ3n) is 4.10. The van der Waals surface area contributed by atoms with E-state index in [9.17, 15) is 8.78 Å². The Morgan fingerprint density at radius 3 is 2.57 bits per heavy atom. The second-order valence-electron chi connectivity index (χ2n) is 5.56. The average molecular weight is 339 g/mol. The first-order valence-corrected chi connectivity index (χ1v) is 6.53. The van der Waals surface area contributed by atoms with Gasteiger partial charge in [0, 0.05) is 30.9 Å². The van der Waals surface area contributed by atoms with Crippen LogP contribution >= 0.6 is 0 Å². The molecule has 2 aromatic rings. The fraction of sp³-hybridized carbons (Fsp3) is 0.429. The lowest BCUT2D eigenvalue weighted by Gasteiger charge is -2.24. The minimum absolute atomic E-state index is 0. The van der Waals surface area contributed by atoms with Gasteiger partial charge in [-0.15, -0.1) is 0 Å². The predicted octanol–water partition coefficient (Wildman–Crippen LogP) is -5.41. The molecular formula is C14H18Cl2F2N2O. The van der Waals surface area contributed by atoms with Crippen molar-refractivity contribution in [1.29, 1.82) is 0 Å². The van der Waals surface area contributed by atoms with Gasteiger partial charge in [-0.25, -0.2) is 4.39 Å². The lowest BCUT2D eigenvalue weighted by molar-refractivity contribution is -0.886. The molecule has 0 radical (unpaired) electrons. The van der Waals surface area contributed by atoms with Crippen LogP contribution in [0.15, 0.2) is 10.5 Å². The van der Waals surface area contributed by atoms with Gasteiger partial charge >= 0.3 is 0 Å². The molecule has 21 heavy (non-hydrogen) atoms. The third-order valence-corrected chi connectivity index (χ3v) is 4.10. The van der Waals surface area contributed by atoms with Crippen molar-refractivity contribution in [3.05, 3.63) is 29.0 Å². The molecule has 1 atom stereocenters. The van der Waals surface area contributed by atoms with Gasteiger partial charge in [0.05, 0.1) is 25.5 Å². The van der Waals surface area contributed by atoms with E-state index in [1.807, 2.05) is 0 Å². The molecule has 7 heteroatoms. The van der Waals surface area contributed by atoms with E-state index in [4.69, 9.17) is 4.42 Å². The number of halogens is 4. The number of likely N-dealkylation sites (N-methyl/N-ethyl adjacent to an activating group) is 1. The fourth-order valence-electron chi connectivity index (χ4n) is 2.92. The number of hydrogen-bond donors (Lipinski definition) is 2. The van der Waals surface area contributed by atoms with Gasteiger partial charge in [0.25, 0.3) is 0 Å². The summed E-state index contributed by atoms with van der Waals surface area (Å²) < 4.78 is 33.6. The molecule has 0 bridgehead atoms. The van der Waals surface area contributed by atoms with Crippen LogP contribution in [0.2, 0.25) is 0 Å². The van der Waals surface area contributed by atoms with E-state index in [-0.39, 0.29) is 36.1 Å². The zero-order valence-corrected chi connectivity index (χ0v) is 13.4. The highest BCUT2D eigenvalue weighted by atomic mass is 35.5. The minimum Gasteiger partial charge on any atom is -1.00 e. The highest BCUT2D eigenvalue weighted by Crippen LogP contribution is 2.36. The van der Waals surface area contributed by atoms with Crippen LogP contribution in [0, 0.1) is 11.6 Å². The van der Waals surface area contributed by atoms with Gasteiger partial charge in [-0.05, 0) is 0 Å². The lowest BCUT2D eigenvalue weighted by Crippen LogP contribution is -3.10. The molecule has 1 aromatic carbocycles. The Balaban J connectivity index is 0.00000110. The second kappa shape index (κ2) is 6.48. The molecule has 1 heterocycles. The van der Waals surface area contributed by atoms with Crippen molar-refractivity contribution in [2.45, 2.75) is 25.3 Å². The van der Waals surface area contributed by atoms with Crippen LogP contribution in [0.5, 0.6) is 0 Å². The number of nitrogens with one attached hydrogen (secondary N) is 1. The van der Waals surface area contributed by atoms with Gasteiger partial charge in [-0.1, -0.05) is 0 Å². The largest absolute Gasteiger partial charge is 1.00 e. The van der Waals surface area contributed by atoms with E-state index >= 15 is 0 Å². The summed E-state index contributed by atoms with van der Waals surface area (Å²) in [6, 6.07) is 1.52. The van der Waals surface area contributed by atoms with Crippen LogP contribution in [-0.4, -0.2) is 20.1 Å². The molecule has 1 aromatic heterocycles. The van der Waals surface area contributed by atoms with E-state index < -0.39 is 11.6 Å². The van der Waals surface area contributed by atoms with Gasteiger partial charge in [-0.2, -0.15) is 4.39 Å². The van der Waals surface area contributed by atoms with Gasteiger partial charge < -0.3 is 39.9 Å². The Hall–Kier alpha value is -0.880. The summed E-state index contributed by atoms with van der Waals surface area (Å²) in [5, 5.41) is 0.297. The van der Waals surface area contributed by atoms with Crippen molar-refractivity contribution in [3.8, 4) is 0 Å². The molecule has 0 fully saturated rings. The first-order valence-electron chi connectivity index (χ1n) is 6.53. The van der Waals surface area contributed by atoms with Crippen molar-refractivity contribution in [2.75, 3.05) is 14.1 Å². The summed E-state index contributed by atoms with van der Waals surface area (Å²) in [6.07, 6.45) is 2.45. The molecule has 0 saturated carbocycles. The Bertz CT molecular complexity index is 658. The molecule has 1 unspecified atom stereocenters. The summed E-state index contributed by atoms with van der Waals surface area (Å²) in [7, 11) is 4.17. The van der Waals surface area contributed by atoms with Crippen LogP contribution in [0.3, 0.4) is 0 Å². The maximum absolute atomic E-state index is 14.2. The second-order valence-corrected chi connectivity index (χ2v) is 5.56. The molecule has 1 aliphatic carbocycles. The Labute approximate surface area is 134 Å². The zero-order valence-electron chi connectivity index (χ0n) is 11.9. The Morgan fingerprint density at radius 2 is 1.95 bits per heavy atom. The highest BCUT2D eigenvalue weighted by Gasteiger charge is 2.31. The Kier molecular flexibility index (Phi) is 5.61. The molecule has 4 N–H and O–H groups in total. The summed E-state index contributed by atoms with van der Waals surface area (Å²) in [4.78, 5) is 1.33. The number of fused-ring (bicyclic) bond motifs is 3. The van der Waals surface area contributed by atoms with Crippen LogP contribution in [-0.2, 0) is 12.8 Å². The Morgan fingerprint density at radius 1 is 1.29 bits per heavy atom. The molecule has 118 valence electrons.